The van der Waals surface area contributed by atoms with E-state index in [9.17, 15) is 9.59 Å². The number of carbonyl (C=O) groups is 2. The molecule has 168 valence electrons. The van der Waals surface area contributed by atoms with Crippen molar-refractivity contribution in [3.8, 4) is 0 Å². The Labute approximate surface area is 191 Å². The first kappa shape index (κ1) is 21.2. The molecule has 2 fully saturated rings. The minimum atomic E-state index is -0.0447. The van der Waals surface area contributed by atoms with Crippen LogP contribution < -0.4 is 0 Å². The van der Waals surface area contributed by atoms with Crippen LogP contribution in [0.15, 0.2) is 54.6 Å². The van der Waals surface area contributed by atoms with Crippen LogP contribution in [0.4, 0.5) is 0 Å². The molecular formula is C27H33N3O2. The third kappa shape index (κ3) is 4.31. The van der Waals surface area contributed by atoms with E-state index in [0.717, 1.165) is 51.0 Å². The number of hydrogen-bond donors (Lipinski definition) is 0. The molecule has 3 aliphatic rings. The van der Waals surface area contributed by atoms with Crippen molar-refractivity contribution in [1.82, 2.24) is 14.7 Å². The number of rotatable bonds is 4. The van der Waals surface area contributed by atoms with Gasteiger partial charge in [0.2, 0.25) is 5.91 Å². The van der Waals surface area contributed by atoms with Gasteiger partial charge in [-0.05, 0) is 48.4 Å². The van der Waals surface area contributed by atoms with Crippen LogP contribution in [0.25, 0.3) is 0 Å². The first-order chi connectivity index (χ1) is 15.7. The van der Waals surface area contributed by atoms with Gasteiger partial charge in [0.25, 0.3) is 5.91 Å². The molecule has 5 heteroatoms. The van der Waals surface area contributed by atoms with Crippen LogP contribution in [0.1, 0.15) is 47.2 Å². The molecule has 0 unspecified atom stereocenters. The quantitative estimate of drug-likeness (QED) is 0.743. The predicted octanol–water partition coefficient (Wildman–Crippen LogP) is 3.59. The number of benzene rings is 2. The first-order valence-corrected chi connectivity index (χ1v) is 12.1. The van der Waals surface area contributed by atoms with Gasteiger partial charge < -0.3 is 9.80 Å². The van der Waals surface area contributed by atoms with Crippen molar-refractivity contribution < 1.29 is 9.59 Å². The topological polar surface area (TPSA) is 43.9 Å². The number of piperazine rings is 1. The van der Waals surface area contributed by atoms with Gasteiger partial charge in [-0.15, -0.1) is 0 Å². The first-order valence-electron chi connectivity index (χ1n) is 12.1. The zero-order valence-electron chi connectivity index (χ0n) is 18.8. The summed E-state index contributed by atoms with van der Waals surface area (Å²) in [6.07, 6.45) is 5.68. The van der Waals surface area contributed by atoms with Crippen LogP contribution in [-0.4, -0.2) is 65.3 Å². The summed E-state index contributed by atoms with van der Waals surface area (Å²) in [5, 5.41) is 0. The van der Waals surface area contributed by atoms with E-state index in [0.29, 0.717) is 24.9 Å². The van der Waals surface area contributed by atoms with E-state index in [-0.39, 0.29) is 11.9 Å². The Morgan fingerprint density at radius 3 is 2.12 bits per heavy atom. The molecule has 32 heavy (non-hydrogen) atoms. The predicted molar refractivity (Wildman–Crippen MR) is 125 cm³/mol. The molecule has 5 nitrogen and oxygen atoms in total. The minimum absolute atomic E-state index is 0.0447. The summed E-state index contributed by atoms with van der Waals surface area (Å²) in [7, 11) is 0. The van der Waals surface area contributed by atoms with Crippen molar-refractivity contribution in [3.05, 3.63) is 71.3 Å². The number of fused-ring (bicyclic) bond motifs is 1. The summed E-state index contributed by atoms with van der Waals surface area (Å²) in [5.74, 6) is 0.840. The zero-order valence-corrected chi connectivity index (χ0v) is 18.8. The molecule has 2 aliphatic heterocycles. The zero-order chi connectivity index (χ0) is 21.9. The number of amides is 2. The Morgan fingerprint density at radius 2 is 1.41 bits per heavy atom. The lowest BCUT2D eigenvalue weighted by atomic mass is 9.92. The summed E-state index contributed by atoms with van der Waals surface area (Å²) in [5.41, 5.74) is 3.41. The largest absolute Gasteiger partial charge is 0.337 e. The van der Waals surface area contributed by atoms with Gasteiger partial charge in [0.15, 0.2) is 0 Å². The molecule has 5 rings (SSSR count). The third-order valence-electron chi connectivity index (χ3n) is 7.56. The fraction of sp³-hybridized carbons (Fsp3) is 0.481. The highest BCUT2D eigenvalue weighted by Gasteiger charge is 2.40. The Bertz CT molecular complexity index is 946. The highest BCUT2D eigenvalue weighted by molar-refractivity contribution is 5.94. The van der Waals surface area contributed by atoms with Crippen LogP contribution in [0.5, 0.6) is 0 Å². The van der Waals surface area contributed by atoms with E-state index in [1.54, 1.807) is 0 Å². The number of hydrogen-bond acceptors (Lipinski definition) is 3. The average Bonchev–Trinajstić information content (AvgIpc) is 3.39. The fourth-order valence-corrected chi connectivity index (χ4v) is 5.77. The molecule has 2 aromatic carbocycles. The van der Waals surface area contributed by atoms with Crippen LogP contribution in [-0.2, 0) is 17.8 Å². The van der Waals surface area contributed by atoms with Crippen molar-refractivity contribution >= 4 is 11.8 Å². The minimum Gasteiger partial charge on any atom is -0.337 e. The maximum Gasteiger partial charge on any atom is 0.253 e. The molecule has 2 heterocycles. The Morgan fingerprint density at radius 1 is 0.750 bits per heavy atom. The number of carbonyl (C=O) groups excluding carboxylic acids is 2. The van der Waals surface area contributed by atoms with Gasteiger partial charge in [0.1, 0.15) is 0 Å². The molecule has 0 aromatic heterocycles. The monoisotopic (exact) mass is 431 g/mol. The summed E-state index contributed by atoms with van der Waals surface area (Å²) < 4.78 is 0. The van der Waals surface area contributed by atoms with E-state index in [1.807, 2.05) is 35.2 Å². The maximum atomic E-state index is 13.8. The average molecular weight is 432 g/mol. The van der Waals surface area contributed by atoms with Crippen LogP contribution in [0, 0.1) is 5.92 Å². The van der Waals surface area contributed by atoms with E-state index < -0.39 is 0 Å². The lowest BCUT2D eigenvalue weighted by Crippen LogP contribution is -2.58. The molecule has 2 aromatic rings. The van der Waals surface area contributed by atoms with E-state index in [2.05, 4.69) is 34.1 Å². The number of nitrogens with zero attached hydrogens (tertiary/aromatic N) is 3. The lowest BCUT2D eigenvalue weighted by Gasteiger charge is -2.43. The Balaban J connectivity index is 1.28. The molecule has 0 bridgehead atoms. The molecule has 0 radical (unpaired) electrons. The van der Waals surface area contributed by atoms with Gasteiger partial charge in [-0.2, -0.15) is 0 Å². The normalized spacial score (nSPS) is 20.8. The standard InChI is InChI=1S/C27H33N3O2/c31-26(23-11-2-1-3-12-23)29-18-16-28(17-19-29)25(22-9-5-6-10-22)27(32)30-15-14-21-8-4-7-13-24(21)20-30/h1-4,7-8,11-13,22,25H,5-6,9-10,14-20H2/t25-/m1/s1. The third-order valence-corrected chi connectivity index (χ3v) is 7.56. The molecule has 0 spiro atoms. The second-order valence-electron chi connectivity index (χ2n) is 9.46. The summed E-state index contributed by atoms with van der Waals surface area (Å²) in [6.45, 7) is 4.46. The van der Waals surface area contributed by atoms with Gasteiger partial charge in [0, 0.05) is 44.8 Å². The highest BCUT2D eigenvalue weighted by Crippen LogP contribution is 2.33. The van der Waals surface area contributed by atoms with Crippen molar-refractivity contribution in [3.63, 3.8) is 0 Å². The smallest absolute Gasteiger partial charge is 0.253 e. The second-order valence-corrected chi connectivity index (χ2v) is 9.46. The summed E-state index contributed by atoms with van der Waals surface area (Å²) in [4.78, 5) is 33.1. The molecule has 1 atom stereocenters. The SMILES string of the molecule is O=C(c1ccccc1)N1CCN([C@@H](C(=O)N2CCc3ccccc3C2)C2CCCC2)CC1. The molecule has 2 amide bonds. The van der Waals surface area contributed by atoms with E-state index >= 15 is 0 Å². The van der Waals surface area contributed by atoms with Crippen molar-refractivity contribution in [1.29, 1.82) is 0 Å². The molecule has 1 saturated carbocycles. The van der Waals surface area contributed by atoms with Gasteiger partial charge >= 0.3 is 0 Å². The van der Waals surface area contributed by atoms with Crippen LogP contribution in [0.2, 0.25) is 0 Å². The van der Waals surface area contributed by atoms with E-state index in [1.165, 1.54) is 24.0 Å². The molecule has 1 saturated heterocycles. The highest BCUT2D eigenvalue weighted by atomic mass is 16.2. The Kier molecular flexibility index (Phi) is 6.26. The lowest BCUT2D eigenvalue weighted by molar-refractivity contribution is -0.141. The van der Waals surface area contributed by atoms with E-state index in [4.69, 9.17) is 0 Å². The van der Waals surface area contributed by atoms with Gasteiger partial charge in [-0.3, -0.25) is 14.5 Å². The molecule has 0 N–H and O–H groups in total. The summed E-state index contributed by atoms with van der Waals surface area (Å²) in [6, 6.07) is 18.0. The van der Waals surface area contributed by atoms with Crippen molar-refractivity contribution in [2.45, 2.75) is 44.7 Å². The van der Waals surface area contributed by atoms with Crippen molar-refractivity contribution in [2.75, 3.05) is 32.7 Å². The Hall–Kier alpha value is -2.66. The van der Waals surface area contributed by atoms with Crippen molar-refractivity contribution in [2.24, 2.45) is 5.92 Å². The molecule has 1 aliphatic carbocycles. The second kappa shape index (κ2) is 9.45. The van der Waals surface area contributed by atoms with Crippen LogP contribution >= 0.6 is 0 Å². The summed E-state index contributed by atoms with van der Waals surface area (Å²) >= 11 is 0. The fourth-order valence-electron chi connectivity index (χ4n) is 5.77. The van der Waals surface area contributed by atoms with Crippen LogP contribution in [0.3, 0.4) is 0 Å². The van der Waals surface area contributed by atoms with Gasteiger partial charge in [0.05, 0.1) is 6.04 Å². The maximum absolute atomic E-state index is 13.8. The molecular weight excluding hydrogens is 398 g/mol. The van der Waals surface area contributed by atoms with Gasteiger partial charge in [-0.25, -0.2) is 0 Å². The van der Waals surface area contributed by atoms with Gasteiger partial charge in [-0.1, -0.05) is 55.3 Å².